The SMILES string of the molecule is CC(C)OP(=O)(OC(C)C)[C@@H](N)Cc1ccccc1. The molecule has 0 radical (unpaired) electrons. The van der Waals surface area contributed by atoms with E-state index < -0.39 is 13.4 Å². The first kappa shape index (κ1) is 16.4. The highest BCUT2D eigenvalue weighted by Crippen LogP contribution is 2.53. The molecule has 0 fully saturated rings. The van der Waals surface area contributed by atoms with Crippen LogP contribution in [0.15, 0.2) is 30.3 Å². The van der Waals surface area contributed by atoms with Crippen molar-refractivity contribution < 1.29 is 13.6 Å². The first-order valence-corrected chi connectivity index (χ1v) is 8.20. The lowest BCUT2D eigenvalue weighted by Crippen LogP contribution is -2.28. The van der Waals surface area contributed by atoms with Crippen LogP contribution >= 0.6 is 7.60 Å². The molecule has 19 heavy (non-hydrogen) atoms. The van der Waals surface area contributed by atoms with Crippen LogP contribution in [-0.2, 0) is 20.0 Å². The van der Waals surface area contributed by atoms with Gasteiger partial charge < -0.3 is 14.8 Å². The largest absolute Gasteiger partial charge is 0.348 e. The minimum atomic E-state index is -3.31. The van der Waals surface area contributed by atoms with E-state index in [0.29, 0.717) is 6.42 Å². The Hall–Kier alpha value is -0.670. The van der Waals surface area contributed by atoms with Crippen molar-refractivity contribution in [1.82, 2.24) is 0 Å². The first-order valence-electron chi connectivity index (χ1n) is 6.59. The van der Waals surface area contributed by atoms with Gasteiger partial charge in [0, 0.05) is 0 Å². The molecule has 1 rings (SSSR count). The molecule has 2 N–H and O–H groups in total. The number of hydrogen-bond donors (Lipinski definition) is 1. The Kier molecular flexibility index (Phi) is 6.21. The van der Waals surface area contributed by atoms with Crippen molar-refractivity contribution in [3.63, 3.8) is 0 Å². The smallest absolute Gasteiger partial charge is 0.317 e. The van der Waals surface area contributed by atoms with Crippen molar-refractivity contribution in [2.75, 3.05) is 0 Å². The van der Waals surface area contributed by atoms with Gasteiger partial charge in [0.05, 0.1) is 12.2 Å². The summed E-state index contributed by atoms with van der Waals surface area (Å²) in [5, 5.41) is 0. The zero-order valence-electron chi connectivity index (χ0n) is 12.1. The van der Waals surface area contributed by atoms with Crippen LogP contribution in [-0.4, -0.2) is 18.0 Å². The molecule has 1 aromatic rings. The highest BCUT2D eigenvalue weighted by atomic mass is 31.2. The fourth-order valence-electron chi connectivity index (χ4n) is 1.74. The van der Waals surface area contributed by atoms with E-state index in [2.05, 4.69) is 0 Å². The lowest BCUT2D eigenvalue weighted by Gasteiger charge is -2.27. The predicted molar refractivity (Wildman–Crippen MR) is 78.2 cm³/mol. The Bertz CT molecular complexity index is 406. The van der Waals surface area contributed by atoms with Crippen LogP contribution in [0.5, 0.6) is 0 Å². The zero-order chi connectivity index (χ0) is 14.5. The van der Waals surface area contributed by atoms with Gasteiger partial charge in [-0.15, -0.1) is 0 Å². The lowest BCUT2D eigenvalue weighted by atomic mass is 10.2. The third kappa shape index (κ3) is 5.45. The molecule has 0 aliphatic rings. The summed E-state index contributed by atoms with van der Waals surface area (Å²) in [4.78, 5) is 0. The van der Waals surface area contributed by atoms with Gasteiger partial charge in [0.25, 0.3) is 0 Å². The van der Waals surface area contributed by atoms with Gasteiger partial charge in [-0.25, -0.2) is 0 Å². The van der Waals surface area contributed by atoms with Gasteiger partial charge in [-0.2, -0.15) is 0 Å². The van der Waals surface area contributed by atoms with Crippen LogP contribution < -0.4 is 5.73 Å². The fraction of sp³-hybridized carbons (Fsp3) is 0.571. The van der Waals surface area contributed by atoms with Crippen molar-refractivity contribution in [2.24, 2.45) is 5.73 Å². The monoisotopic (exact) mass is 285 g/mol. The van der Waals surface area contributed by atoms with Crippen LogP contribution in [0.1, 0.15) is 33.3 Å². The summed E-state index contributed by atoms with van der Waals surface area (Å²) < 4.78 is 23.8. The number of hydrogen-bond acceptors (Lipinski definition) is 4. The van der Waals surface area contributed by atoms with Crippen LogP contribution in [0.2, 0.25) is 0 Å². The maximum Gasteiger partial charge on any atom is 0.348 e. The zero-order valence-corrected chi connectivity index (χ0v) is 13.0. The summed E-state index contributed by atoms with van der Waals surface area (Å²) in [7, 11) is -3.31. The molecular formula is C14H24NO3P. The van der Waals surface area contributed by atoms with Crippen molar-refractivity contribution in [1.29, 1.82) is 0 Å². The maximum absolute atomic E-state index is 12.8. The molecular weight excluding hydrogens is 261 g/mol. The van der Waals surface area contributed by atoms with E-state index in [1.807, 2.05) is 58.0 Å². The molecule has 0 bridgehead atoms. The summed E-state index contributed by atoms with van der Waals surface area (Å²) in [5.74, 6) is -0.653. The predicted octanol–water partition coefficient (Wildman–Crippen LogP) is 3.56. The summed E-state index contributed by atoms with van der Waals surface area (Å²) >= 11 is 0. The average Bonchev–Trinajstić information content (AvgIpc) is 2.27. The Morgan fingerprint density at radius 3 is 1.95 bits per heavy atom. The van der Waals surface area contributed by atoms with Gasteiger partial charge in [0.15, 0.2) is 0 Å². The third-order valence-electron chi connectivity index (χ3n) is 2.41. The molecule has 0 saturated carbocycles. The molecule has 4 nitrogen and oxygen atoms in total. The molecule has 0 aliphatic heterocycles. The minimum Gasteiger partial charge on any atom is -0.317 e. The molecule has 0 aliphatic carbocycles. The second-order valence-electron chi connectivity index (χ2n) is 5.11. The Morgan fingerprint density at radius 2 is 1.53 bits per heavy atom. The Morgan fingerprint density at radius 1 is 1.05 bits per heavy atom. The van der Waals surface area contributed by atoms with Crippen LogP contribution in [0.3, 0.4) is 0 Å². The van der Waals surface area contributed by atoms with Gasteiger partial charge in [0.2, 0.25) is 0 Å². The maximum atomic E-state index is 12.8. The number of benzene rings is 1. The van der Waals surface area contributed by atoms with E-state index in [-0.39, 0.29) is 12.2 Å². The van der Waals surface area contributed by atoms with Crippen molar-refractivity contribution >= 4 is 7.60 Å². The van der Waals surface area contributed by atoms with E-state index in [0.717, 1.165) is 5.56 Å². The standard InChI is InChI=1S/C14H24NO3P/c1-11(2)17-19(16,18-12(3)4)14(15)10-13-8-6-5-7-9-13/h5-9,11-12,14H,10,15H2,1-4H3/t14-/m1/s1. The van der Waals surface area contributed by atoms with E-state index in [9.17, 15) is 4.57 Å². The molecule has 0 saturated heterocycles. The summed E-state index contributed by atoms with van der Waals surface area (Å²) in [6.07, 6.45) is 0.0928. The number of nitrogens with two attached hydrogens (primary N) is 1. The summed E-state index contributed by atoms with van der Waals surface area (Å²) in [5.41, 5.74) is 7.09. The van der Waals surface area contributed by atoms with Crippen LogP contribution in [0, 0.1) is 0 Å². The second kappa shape index (κ2) is 7.20. The quantitative estimate of drug-likeness (QED) is 0.778. The van der Waals surface area contributed by atoms with Gasteiger partial charge in [0.1, 0.15) is 5.78 Å². The topological polar surface area (TPSA) is 61.5 Å². The number of rotatable bonds is 7. The summed E-state index contributed by atoms with van der Waals surface area (Å²) in [6, 6.07) is 9.70. The molecule has 0 unspecified atom stereocenters. The normalized spacial score (nSPS) is 14.1. The molecule has 0 heterocycles. The van der Waals surface area contributed by atoms with Crippen LogP contribution in [0.4, 0.5) is 0 Å². The molecule has 5 heteroatoms. The molecule has 1 aromatic carbocycles. The van der Waals surface area contributed by atoms with E-state index in [4.69, 9.17) is 14.8 Å². The highest BCUT2D eigenvalue weighted by Gasteiger charge is 2.35. The lowest BCUT2D eigenvalue weighted by molar-refractivity contribution is 0.136. The average molecular weight is 285 g/mol. The van der Waals surface area contributed by atoms with Crippen LogP contribution in [0.25, 0.3) is 0 Å². The van der Waals surface area contributed by atoms with E-state index in [1.165, 1.54) is 0 Å². The minimum absolute atomic E-state index is 0.189. The van der Waals surface area contributed by atoms with E-state index in [1.54, 1.807) is 0 Å². The molecule has 0 aromatic heterocycles. The summed E-state index contributed by atoms with van der Waals surface area (Å²) in [6.45, 7) is 7.30. The van der Waals surface area contributed by atoms with Gasteiger partial charge in [-0.1, -0.05) is 30.3 Å². The Balaban J connectivity index is 2.82. The van der Waals surface area contributed by atoms with Gasteiger partial charge in [-0.3, -0.25) is 4.57 Å². The molecule has 1 atom stereocenters. The second-order valence-corrected chi connectivity index (χ2v) is 7.27. The molecule has 0 spiro atoms. The highest BCUT2D eigenvalue weighted by molar-refractivity contribution is 7.54. The van der Waals surface area contributed by atoms with Crippen molar-refractivity contribution in [3.8, 4) is 0 Å². The molecule has 0 amide bonds. The van der Waals surface area contributed by atoms with Crippen molar-refractivity contribution in [3.05, 3.63) is 35.9 Å². The van der Waals surface area contributed by atoms with Gasteiger partial charge >= 0.3 is 7.60 Å². The van der Waals surface area contributed by atoms with E-state index >= 15 is 0 Å². The van der Waals surface area contributed by atoms with Gasteiger partial charge in [-0.05, 0) is 39.7 Å². The first-order chi connectivity index (χ1) is 8.83. The van der Waals surface area contributed by atoms with Crippen molar-refractivity contribution in [2.45, 2.75) is 52.1 Å². The fourth-order valence-corrected chi connectivity index (χ4v) is 3.71. The molecule has 108 valence electrons. The Labute approximate surface area is 115 Å². The third-order valence-corrected chi connectivity index (χ3v) is 4.84.